The van der Waals surface area contributed by atoms with E-state index in [0.29, 0.717) is 19.3 Å². The molecule has 0 saturated carbocycles. The zero-order valence-corrected chi connectivity index (χ0v) is 54.6. The van der Waals surface area contributed by atoms with Crippen LogP contribution in [0.1, 0.15) is 341 Å². The van der Waals surface area contributed by atoms with Gasteiger partial charge in [-0.2, -0.15) is 0 Å². The van der Waals surface area contributed by atoms with Gasteiger partial charge in [0.1, 0.15) is 36.6 Å². The summed E-state index contributed by atoms with van der Waals surface area (Å²) in [6.45, 7) is 3.48. The number of rotatable bonds is 63. The van der Waals surface area contributed by atoms with Gasteiger partial charge in [0.05, 0.1) is 25.4 Å². The molecule has 0 aromatic carbocycles. The lowest BCUT2D eigenvalue weighted by Crippen LogP contribution is -2.60. The molecule has 1 saturated heterocycles. The van der Waals surface area contributed by atoms with Gasteiger partial charge in [0, 0.05) is 0 Å². The summed E-state index contributed by atoms with van der Waals surface area (Å²) in [5.74, 6) is -0.708. The Morgan fingerprint density at radius 1 is 0.405 bits per heavy atom. The van der Waals surface area contributed by atoms with Crippen molar-refractivity contribution in [2.45, 2.75) is 396 Å². The highest BCUT2D eigenvalue weighted by Crippen LogP contribution is 2.24. The molecule has 1 fully saturated rings. The van der Waals surface area contributed by atoms with Crippen LogP contribution in [0.25, 0.3) is 0 Å². The fourth-order valence-corrected chi connectivity index (χ4v) is 11.5. The van der Waals surface area contributed by atoms with Gasteiger partial charge >= 0.3 is 0 Å². The van der Waals surface area contributed by atoms with E-state index >= 15 is 0 Å². The second-order valence-corrected chi connectivity index (χ2v) is 25.3. The number of unbranched alkanes of at least 4 members (excludes halogenated alkanes) is 43. The SMILES string of the molecule is CCCCCCCCCCCC/C=C/CC/C=C/CC/C=C/CCCC(O)C(O)C(COC1OC(CO)C(O)C(O)C1O)NC(=O)C(O)CCCCCCCCCCCCCCCCCC/C=C\CCCCCCCCCCCCCCCC. The Balaban J connectivity index is 2.20. The van der Waals surface area contributed by atoms with E-state index in [4.69, 9.17) is 9.47 Å². The molecule has 0 aliphatic carbocycles. The molecule has 11 nitrogen and oxygen atoms in total. The number of allylic oxidation sites excluding steroid dienone is 8. The second-order valence-electron chi connectivity index (χ2n) is 25.3. The third kappa shape index (κ3) is 48.1. The molecule has 1 aliphatic heterocycles. The first-order chi connectivity index (χ1) is 41.2. The van der Waals surface area contributed by atoms with Gasteiger partial charge in [0.15, 0.2) is 6.29 Å². The molecule has 1 rings (SSSR count). The molecule has 8 N–H and O–H groups in total. The summed E-state index contributed by atoms with van der Waals surface area (Å²) in [4.78, 5) is 13.3. The highest BCUT2D eigenvalue weighted by Gasteiger charge is 2.44. The monoisotopic (exact) mass is 1190 g/mol. The van der Waals surface area contributed by atoms with Crippen molar-refractivity contribution in [2.24, 2.45) is 0 Å². The Bertz CT molecular complexity index is 1510. The molecule has 0 aromatic rings. The average Bonchev–Trinajstić information content (AvgIpc) is 3.66. The van der Waals surface area contributed by atoms with Gasteiger partial charge in [-0.15, -0.1) is 0 Å². The van der Waals surface area contributed by atoms with E-state index in [-0.39, 0.29) is 12.8 Å². The molecule has 11 heteroatoms. The normalized spacial score (nSPS) is 19.2. The first-order valence-electron chi connectivity index (χ1n) is 36.0. The Morgan fingerprint density at radius 2 is 0.714 bits per heavy atom. The molecule has 0 spiro atoms. The summed E-state index contributed by atoms with van der Waals surface area (Å²) in [7, 11) is 0. The molecule has 1 aliphatic rings. The van der Waals surface area contributed by atoms with Gasteiger partial charge in [0.2, 0.25) is 5.91 Å². The number of aliphatic hydroxyl groups excluding tert-OH is 7. The third-order valence-corrected chi connectivity index (χ3v) is 17.3. The van der Waals surface area contributed by atoms with Crippen LogP contribution in [0.2, 0.25) is 0 Å². The zero-order chi connectivity index (χ0) is 61.0. The summed E-state index contributed by atoms with van der Waals surface area (Å²) in [5.41, 5.74) is 0. The van der Waals surface area contributed by atoms with Crippen molar-refractivity contribution in [1.82, 2.24) is 5.32 Å². The molecule has 9 atom stereocenters. The van der Waals surface area contributed by atoms with E-state index < -0.39 is 74.2 Å². The van der Waals surface area contributed by atoms with E-state index in [1.54, 1.807) is 0 Å². The van der Waals surface area contributed by atoms with E-state index in [1.807, 2.05) is 0 Å². The molecule has 0 aromatic heterocycles. The lowest BCUT2D eigenvalue weighted by Gasteiger charge is -2.40. The van der Waals surface area contributed by atoms with E-state index in [0.717, 1.165) is 44.9 Å². The maximum Gasteiger partial charge on any atom is 0.249 e. The first-order valence-corrected chi connectivity index (χ1v) is 36.0. The molecule has 84 heavy (non-hydrogen) atoms. The minimum Gasteiger partial charge on any atom is -0.394 e. The van der Waals surface area contributed by atoms with Crippen LogP contribution < -0.4 is 5.32 Å². The number of amides is 1. The number of aliphatic hydroxyl groups is 7. The lowest BCUT2D eigenvalue weighted by atomic mass is 9.98. The van der Waals surface area contributed by atoms with Gasteiger partial charge in [-0.05, 0) is 89.9 Å². The fourth-order valence-electron chi connectivity index (χ4n) is 11.5. The van der Waals surface area contributed by atoms with Gasteiger partial charge in [-0.25, -0.2) is 0 Å². The van der Waals surface area contributed by atoms with E-state index in [1.165, 1.54) is 250 Å². The van der Waals surface area contributed by atoms with E-state index in [2.05, 4.69) is 67.8 Å². The second kappa shape index (κ2) is 61.3. The van der Waals surface area contributed by atoms with Crippen molar-refractivity contribution in [1.29, 1.82) is 0 Å². The summed E-state index contributed by atoms with van der Waals surface area (Å²) in [6, 6.07) is -1.20. The smallest absolute Gasteiger partial charge is 0.249 e. The van der Waals surface area contributed by atoms with Crippen LogP contribution in [0.4, 0.5) is 0 Å². The Kier molecular flexibility index (Phi) is 58.5. The number of hydrogen-bond donors (Lipinski definition) is 8. The highest BCUT2D eigenvalue weighted by molar-refractivity contribution is 5.80. The number of nitrogens with one attached hydrogen (secondary N) is 1. The quantitative estimate of drug-likeness (QED) is 0.0215. The number of hydrogen-bond acceptors (Lipinski definition) is 10. The van der Waals surface area contributed by atoms with Crippen LogP contribution in [0.5, 0.6) is 0 Å². The first kappa shape index (κ1) is 80.1. The maximum atomic E-state index is 13.3. The lowest BCUT2D eigenvalue weighted by molar-refractivity contribution is -0.303. The zero-order valence-electron chi connectivity index (χ0n) is 54.6. The fraction of sp³-hybridized carbons (Fsp3) is 0.877. The van der Waals surface area contributed by atoms with Crippen molar-refractivity contribution in [2.75, 3.05) is 13.2 Å². The topological polar surface area (TPSA) is 189 Å². The van der Waals surface area contributed by atoms with Crippen molar-refractivity contribution in [3.63, 3.8) is 0 Å². The van der Waals surface area contributed by atoms with Crippen LogP contribution in [-0.4, -0.2) is 110 Å². The van der Waals surface area contributed by atoms with Crippen molar-refractivity contribution in [3.05, 3.63) is 48.6 Å². The Morgan fingerprint density at radius 3 is 1.06 bits per heavy atom. The molecule has 1 amide bonds. The summed E-state index contributed by atoms with van der Waals surface area (Å²) in [5, 5.41) is 76.5. The van der Waals surface area contributed by atoms with E-state index in [9.17, 15) is 40.5 Å². The van der Waals surface area contributed by atoms with Crippen LogP contribution in [0.3, 0.4) is 0 Å². The molecular weight excluding hydrogens is 1050 g/mol. The van der Waals surface area contributed by atoms with Crippen molar-refractivity contribution < 1.29 is 50.0 Å². The number of carbonyl (C=O) groups excluding carboxylic acids is 1. The van der Waals surface area contributed by atoms with Crippen LogP contribution in [0.15, 0.2) is 48.6 Å². The average molecular weight is 1190 g/mol. The highest BCUT2D eigenvalue weighted by atomic mass is 16.7. The molecule has 0 bridgehead atoms. The van der Waals surface area contributed by atoms with Crippen molar-refractivity contribution >= 4 is 5.91 Å². The summed E-state index contributed by atoms with van der Waals surface area (Å²) < 4.78 is 11.2. The summed E-state index contributed by atoms with van der Waals surface area (Å²) in [6.07, 6.45) is 69.2. The Labute approximate surface area is 517 Å². The Hall–Kier alpha value is -1.93. The van der Waals surface area contributed by atoms with Gasteiger partial charge in [0.25, 0.3) is 0 Å². The predicted molar refractivity (Wildman–Crippen MR) is 353 cm³/mol. The van der Waals surface area contributed by atoms with Crippen LogP contribution in [-0.2, 0) is 14.3 Å². The number of carbonyl (C=O) groups is 1. The molecule has 0 radical (unpaired) electrons. The minimum atomic E-state index is -1.67. The van der Waals surface area contributed by atoms with Crippen LogP contribution in [0, 0.1) is 0 Å². The molecule has 494 valence electrons. The molecule has 9 unspecified atom stereocenters. The summed E-state index contributed by atoms with van der Waals surface area (Å²) >= 11 is 0. The van der Waals surface area contributed by atoms with Crippen LogP contribution >= 0.6 is 0 Å². The van der Waals surface area contributed by atoms with Gasteiger partial charge in [-0.1, -0.05) is 300 Å². The number of ether oxygens (including phenoxy) is 2. The minimum absolute atomic E-state index is 0.241. The standard InChI is InChI=1S/C73H137NO10/c1-3-5-7-9-11-13-15-17-19-21-23-25-27-28-29-30-31-32-33-34-35-36-37-39-41-43-45-47-49-51-53-55-57-59-61-66(77)72(82)74-64(63-83-73-71(81)70(80)69(79)67(62-75)84-73)68(78)65(76)60-58-56-54-52-50-48-46-44-42-40-38-26-24-22-20-18-16-14-12-10-8-6-4-2/h26,30-31,38,44,46,52,54,64-71,73,75-81H,3-25,27-29,32-37,39-43,45,47-51,53,55-63H2,1-2H3,(H,74,82)/b31-30-,38-26+,46-44+,54-52+. The van der Waals surface area contributed by atoms with Crippen molar-refractivity contribution in [3.8, 4) is 0 Å². The van der Waals surface area contributed by atoms with Gasteiger partial charge < -0.3 is 50.5 Å². The molecular formula is C73H137NO10. The van der Waals surface area contributed by atoms with Gasteiger partial charge in [-0.3, -0.25) is 4.79 Å². The third-order valence-electron chi connectivity index (χ3n) is 17.3. The molecule has 1 heterocycles. The predicted octanol–water partition coefficient (Wildman–Crippen LogP) is 17.5. The largest absolute Gasteiger partial charge is 0.394 e. The maximum absolute atomic E-state index is 13.3.